The molecule has 2 aliphatic heterocycles. The Balaban J connectivity index is 0.000000181. The maximum atomic E-state index is 14.4. The molecule has 2 N–H and O–H groups in total. The van der Waals surface area contributed by atoms with Gasteiger partial charge in [-0.25, -0.2) is 8.78 Å². The SMILES string of the molecule is O=C1NC(c2ccc(Cl)cc2)[C@@H](c2ccc(Cl)cc2)O[C@@H]1Cc1ccc(I)cc1F.O=C1N[C@H](c2ccc(Cl)cc2)[C@H](c2ccc(Cl)cc2)O[C@H]1Cc1ccc(I)cc1F. The average molecular weight is 1110 g/mol. The van der Waals surface area contributed by atoms with Gasteiger partial charge < -0.3 is 20.1 Å². The third-order valence-corrected chi connectivity index (χ3v) is 12.5. The molecule has 6 nitrogen and oxygen atoms in total. The van der Waals surface area contributed by atoms with E-state index in [1.54, 1.807) is 60.7 Å². The van der Waals surface area contributed by atoms with Crippen LogP contribution >= 0.6 is 91.6 Å². The second-order valence-electron chi connectivity index (χ2n) is 14.1. The van der Waals surface area contributed by atoms with Crippen LogP contribution in [-0.2, 0) is 31.9 Å². The summed E-state index contributed by atoms with van der Waals surface area (Å²) >= 11 is 28.2. The zero-order valence-electron chi connectivity index (χ0n) is 31.2. The Kier molecular flexibility index (Phi) is 15.1. The lowest BCUT2D eigenvalue weighted by atomic mass is 9.92. The summed E-state index contributed by atoms with van der Waals surface area (Å²) in [5, 5.41) is 8.54. The molecule has 0 aromatic heterocycles. The average Bonchev–Trinajstić information content (AvgIpc) is 3.22. The van der Waals surface area contributed by atoms with E-state index >= 15 is 0 Å². The second-order valence-corrected chi connectivity index (χ2v) is 18.4. The smallest absolute Gasteiger partial charge is 0.250 e. The molecule has 8 rings (SSSR count). The van der Waals surface area contributed by atoms with E-state index in [1.165, 1.54) is 12.1 Å². The van der Waals surface area contributed by atoms with Crippen molar-refractivity contribution in [2.75, 3.05) is 0 Å². The van der Waals surface area contributed by atoms with Gasteiger partial charge in [-0.15, -0.1) is 0 Å². The molecule has 0 bridgehead atoms. The molecule has 2 amide bonds. The number of rotatable bonds is 8. The number of amides is 2. The monoisotopic (exact) mass is 1110 g/mol. The molecule has 2 saturated heterocycles. The molecule has 308 valence electrons. The zero-order valence-corrected chi connectivity index (χ0v) is 38.6. The lowest BCUT2D eigenvalue weighted by molar-refractivity contribution is -0.151. The molecular weight excluding hydrogens is 1080 g/mol. The minimum Gasteiger partial charge on any atom is -0.358 e. The van der Waals surface area contributed by atoms with Gasteiger partial charge in [0.05, 0.1) is 12.1 Å². The van der Waals surface area contributed by atoms with E-state index in [0.29, 0.717) is 31.2 Å². The number of hydrogen-bond donors (Lipinski definition) is 2. The number of halogens is 8. The molecule has 60 heavy (non-hydrogen) atoms. The normalized spacial score (nSPS) is 21.3. The molecule has 6 aromatic carbocycles. The lowest BCUT2D eigenvalue weighted by Crippen LogP contribution is -2.48. The van der Waals surface area contributed by atoms with Crippen LogP contribution in [0.2, 0.25) is 20.1 Å². The van der Waals surface area contributed by atoms with E-state index in [9.17, 15) is 18.4 Å². The molecule has 0 radical (unpaired) electrons. The highest BCUT2D eigenvalue weighted by molar-refractivity contribution is 14.1. The van der Waals surface area contributed by atoms with E-state index in [1.807, 2.05) is 60.7 Å². The molecule has 6 atom stereocenters. The number of nitrogens with one attached hydrogen (secondary N) is 2. The van der Waals surface area contributed by atoms with Crippen molar-refractivity contribution < 1.29 is 27.8 Å². The van der Waals surface area contributed by atoms with E-state index < -0.39 is 36.5 Å². The third kappa shape index (κ3) is 11.2. The van der Waals surface area contributed by atoms with Crippen molar-refractivity contribution in [2.45, 2.75) is 49.3 Å². The fourth-order valence-corrected chi connectivity index (χ4v) is 8.45. The first-order valence-corrected chi connectivity index (χ1v) is 22.3. The van der Waals surface area contributed by atoms with Crippen LogP contribution in [0.5, 0.6) is 0 Å². The molecule has 6 aromatic rings. The van der Waals surface area contributed by atoms with E-state index in [4.69, 9.17) is 55.9 Å². The van der Waals surface area contributed by atoms with Crippen LogP contribution < -0.4 is 10.6 Å². The minimum absolute atomic E-state index is 0.145. The summed E-state index contributed by atoms with van der Waals surface area (Å²) in [6.45, 7) is 0. The summed E-state index contributed by atoms with van der Waals surface area (Å²) in [6, 6.07) is 38.2. The first-order valence-electron chi connectivity index (χ1n) is 18.6. The van der Waals surface area contributed by atoms with Gasteiger partial charge in [0.25, 0.3) is 0 Å². The van der Waals surface area contributed by atoms with Crippen LogP contribution in [0.3, 0.4) is 0 Å². The highest BCUT2D eigenvalue weighted by Gasteiger charge is 2.40. The standard InChI is InChI=1S/2C23H17Cl2FINO2/c2*24-16-6-1-13(2-7-16)21-22(14-3-8-17(25)9-4-14)30-20(23(29)28-21)11-15-5-10-18(27)12-19(15)26/h2*1-10,12,20-22H,11H2,(H,28,29)/t20-,21?,22-;20-,21+,22-/m10/s1. The predicted molar refractivity (Wildman–Crippen MR) is 248 cm³/mol. The highest BCUT2D eigenvalue weighted by atomic mass is 127. The van der Waals surface area contributed by atoms with Crippen LogP contribution in [0.4, 0.5) is 8.78 Å². The largest absolute Gasteiger partial charge is 0.358 e. The number of carbonyl (C=O) groups is 2. The van der Waals surface area contributed by atoms with Gasteiger partial charge in [-0.1, -0.05) is 107 Å². The molecule has 0 aliphatic carbocycles. The fourth-order valence-electron chi connectivity index (χ4n) is 7.04. The Morgan fingerprint density at radius 3 is 1.07 bits per heavy atom. The van der Waals surface area contributed by atoms with Gasteiger partial charge in [0.1, 0.15) is 36.1 Å². The third-order valence-electron chi connectivity index (χ3n) is 10.1. The first kappa shape index (κ1) is 44.7. The Morgan fingerprint density at radius 2 is 0.767 bits per heavy atom. The van der Waals surface area contributed by atoms with Crippen molar-refractivity contribution in [3.63, 3.8) is 0 Å². The lowest BCUT2D eigenvalue weighted by Gasteiger charge is -2.37. The predicted octanol–water partition coefficient (Wildman–Crippen LogP) is 12.6. The maximum absolute atomic E-state index is 14.4. The van der Waals surface area contributed by atoms with Crippen molar-refractivity contribution >= 4 is 103 Å². The van der Waals surface area contributed by atoms with Crippen molar-refractivity contribution in [2.24, 2.45) is 0 Å². The van der Waals surface area contributed by atoms with E-state index in [2.05, 4.69) is 55.8 Å². The van der Waals surface area contributed by atoms with Gasteiger partial charge >= 0.3 is 0 Å². The van der Waals surface area contributed by atoms with Gasteiger partial charge in [-0.05, 0) is 151 Å². The molecule has 2 heterocycles. The number of hydrogen-bond acceptors (Lipinski definition) is 4. The van der Waals surface area contributed by atoms with Crippen molar-refractivity contribution in [1.29, 1.82) is 0 Å². The summed E-state index contributed by atoms with van der Waals surface area (Å²) in [7, 11) is 0. The number of carbonyl (C=O) groups excluding carboxylic acids is 2. The maximum Gasteiger partial charge on any atom is 0.250 e. The Bertz CT molecular complexity index is 2290. The number of benzene rings is 6. The van der Waals surface area contributed by atoms with Crippen LogP contribution in [0, 0.1) is 18.8 Å². The van der Waals surface area contributed by atoms with E-state index in [0.717, 1.165) is 29.4 Å². The number of ether oxygens (including phenoxy) is 2. The molecule has 14 heteroatoms. The van der Waals surface area contributed by atoms with Gasteiger partial charge in [-0.3, -0.25) is 9.59 Å². The van der Waals surface area contributed by atoms with Crippen molar-refractivity contribution in [3.8, 4) is 0 Å². The van der Waals surface area contributed by atoms with Gasteiger partial charge in [-0.2, -0.15) is 0 Å². The summed E-state index contributed by atoms with van der Waals surface area (Å²) in [6.07, 6.45) is -2.26. The molecule has 2 aliphatic rings. The van der Waals surface area contributed by atoms with Crippen LogP contribution in [0.25, 0.3) is 0 Å². The minimum atomic E-state index is -0.816. The fraction of sp³-hybridized carbons (Fsp3) is 0.174. The summed E-state index contributed by atoms with van der Waals surface area (Å²) in [4.78, 5) is 25.7. The zero-order chi connectivity index (χ0) is 42.5. The van der Waals surface area contributed by atoms with E-state index in [-0.39, 0.29) is 36.3 Å². The van der Waals surface area contributed by atoms with Crippen molar-refractivity contribution in [1.82, 2.24) is 10.6 Å². The van der Waals surface area contributed by atoms with Crippen LogP contribution in [0.15, 0.2) is 133 Å². The van der Waals surface area contributed by atoms with Gasteiger partial charge in [0, 0.05) is 40.1 Å². The van der Waals surface area contributed by atoms with Crippen LogP contribution in [0.1, 0.15) is 57.7 Å². The molecule has 0 spiro atoms. The highest BCUT2D eigenvalue weighted by Crippen LogP contribution is 2.39. The molecule has 2 fully saturated rings. The second kappa shape index (κ2) is 20.2. The van der Waals surface area contributed by atoms with Gasteiger partial charge in [0.2, 0.25) is 11.8 Å². The first-order chi connectivity index (χ1) is 28.8. The number of morpholine rings is 2. The van der Waals surface area contributed by atoms with Crippen molar-refractivity contribution in [3.05, 3.63) is 206 Å². The topological polar surface area (TPSA) is 76.7 Å². The van der Waals surface area contributed by atoms with Gasteiger partial charge in [0.15, 0.2) is 0 Å². The summed E-state index contributed by atoms with van der Waals surface area (Å²) in [5.41, 5.74) is 4.35. The summed E-state index contributed by atoms with van der Waals surface area (Å²) in [5.74, 6) is -1.25. The summed E-state index contributed by atoms with van der Waals surface area (Å²) < 4.78 is 42.8. The molecule has 1 unspecified atom stereocenters. The Hall–Kier alpha value is -3.34. The molecule has 0 saturated carbocycles. The molecular formula is C46H34Cl4F2I2N2O4. The quantitative estimate of drug-likeness (QED) is 0.149. The Morgan fingerprint density at radius 1 is 0.467 bits per heavy atom. The van der Waals surface area contributed by atoms with Crippen LogP contribution in [-0.4, -0.2) is 24.0 Å². The Labute approximate surface area is 393 Å².